The van der Waals surface area contributed by atoms with Crippen LogP contribution in [0.3, 0.4) is 0 Å². The molecule has 10 nitrogen and oxygen atoms in total. The third-order valence-electron chi connectivity index (χ3n) is 7.20. The van der Waals surface area contributed by atoms with E-state index < -0.39 is 17.7 Å². The van der Waals surface area contributed by atoms with Crippen molar-refractivity contribution in [3.8, 4) is 6.07 Å². The number of morpholine rings is 1. The maximum Gasteiger partial charge on any atom is 0.434 e. The van der Waals surface area contributed by atoms with E-state index in [0.717, 1.165) is 32.5 Å². The number of rotatable bonds is 8. The van der Waals surface area contributed by atoms with Crippen molar-refractivity contribution in [2.24, 2.45) is 15.9 Å². The Labute approximate surface area is 208 Å². The molecule has 0 spiro atoms. The maximum atomic E-state index is 13.5. The van der Waals surface area contributed by atoms with Gasteiger partial charge in [0, 0.05) is 13.1 Å². The Morgan fingerprint density at radius 1 is 1.26 bits per heavy atom. The second-order valence-electron chi connectivity index (χ2n) is 9.66. The van der Waals surface area contributed by atoms with Crippen molar-refractivity contribution in [1.82, 2.24) is 15.1 Å². The number of likely N-dealkylation sites (tertiary alicyclic amines) is 1. The molecule has 2 amide bonds. The molecule has 1 saturated carbocycles. The Morgan fingerprint density at radius 2 is 2.00 bits per heavy atom. The highest BCUT2D eigenvalue weighted by atomic mass is 16.5. The molecule has 1 atom stereocenters. The predicted octanol–water partition coefficient (Wildman–Crippen LogP) is 2.74. The molecule has 2 saturated heterocycles. The molecule has 3 rings (SSSR count). The Kier molecular flexibility index (Phi) is 10.3. The minimum atomic E-state index is -0.848. The minimum Gasteiger partial charge on any atom is -0.478 e. The Balaban J connectivity index is 1.71. The predicted molar refractivity (Wildman–Crippen MR) is 133 cm³/mol. The van der Waals surface area contributed by atoms with Gasteiger partial charge in [0.1, 0.15) is 18.2 Å². The number of aliphatic imine (C=N–C) groups is 2. The van der Waals surface area contributed by atoms with Crippen LogP contribution in [0, 0.1) is 17.2 Å². The highest BCUT2D eigenvalue weighted by molar-refractivity contribution is 5.89. The van der Waals surface area contributed by atoms with E-state index in [1.807, 2.05) is 4.90 Å². The number of hydrogen-bond acceptors (Lipinski definition) is 7. The first-order chi connectivity index (χ1) is 17.0. The molecule has 2 heterocycles. The monoisotopic (exact) mass is 488 g/mol. The number of piperidine rings is 1. The molecule has 0 radical (unpaired) electrons. The lowest BCUT2D eigenvalue weighted by Gasteiger charge is -2.38. The molecule has 0 aromatic rings. The molecule has 0 aromatic heterocycles. The summed E-state index contributed by atoms with van der Waals surface area (Å²) in [4.78, 5) is 37.7. The summed E-state index contributed by atoms with van der Waals surface area (Å²) in [7, 11) is 0. The summed E-state index contributed by atoms with van der Waals surface area (Å²) in [6, 6.07) is 1.79. The highest BCUT2D eigenvalue weighted by Gasteiger charge is 2.38. The first-order valence-electron chi connectivity index (χ1n) is 13.1. The average Bonchev–Trinajstić information content (AvgIpc) is 2.88. The van der Waals surface area contributed by atoms with Crippen LogP contribution in [0.25, 0.3) is 0 Å². The van der Waals surface area contributed by atoms with Gasteiger partial charge in [-0.3, -0.25) is 4.79 Å². The molecule has 3 aliphatic rings. The van der Waals surface area contributed by atoms with E-state index in [1.54, 1.807) is 6.92 Å². The van der Waals surface area contributed by atoms with Gasteiger partial charge in [0.25, 0.3) is 0 Å². The zero-order chi connectivity index (χ0) is 25.1. The van der Waals surface area contributed by atoms with Gasteiger partial charge >= 0.3 is 6.09 Å². The number of carbonyl (C=O) groups is 2. The largest absolute Gasteiger partial charge is 0.478 e. The van der Waals surface area contributed by atoms with E-state index in [9.17, 15) is 14.9 Å². The van der Waals surface area contributed by atoms with Crippen molar-refractivity contribution in [3.05, 3.63) is 0 Å². The summed E-state index contributed by atoms with van der Waals surface area (Å²) in [5.41, 5.74) is -0.848. The number of nitriles is 1. The first-order valence-corrected chi connectivity index (χ1v) is 13.1. The molecule has 35 heavy (non-hydrogen) atoms. The van der Waals surface area contributed by atoms with Gasteiger partial charge in [-0.25, -0.2) is 9.79 Å². The van der Waals surface area contributed by atoms with E-state index in [2.05, 4.69) is 28.2 Å². The van der Waals surface area contributed by atoms with E-state index in [4.69, 9.17) is 14.5 Å². The quantitative estimate of drug-likeness (QED) is 0.412. The van der Waals surface area contributed by atoms with Gasteiger partial charge in [0.05, 0.1) is 32.1 Å². The van der Waals surface area contributed by atoms with E-state index in [0.29, 0.717) is 50.8 Å². The maximum absolute atomic E-state index is 13.5. The number of hydrogen-bond donors (Lipinski definition) is 1. The highest BCUT2D eigenvalue weighted by Crippen LogP contribution is 2.29. The van der Waals surface area contributed by atoms with Gasteiger partial charge in [0.15, 0.2) is 0 Å². The van der Waals surface area contributed by atoms with Gasteiger partial charge in [-0.15, -0.1) is 0 Å². The number of nitrogens with one attached hydrogen (secondary N) is 1. The smallest absolute Gasteiger partial charge is 0.434 e. The third kappa shape index (κ3) is 8.20. The first kappa shape index (κ1) is 26.9. The Bertz CT molecular complexity index is 809. The van der Waals surface area contributed by atoms with Crippen LogP contribution in [0.2, 0.25) is 0 Å². The van der Waals surface area contributed by atoms with Gasteiger partial charge in [-0.05, 0) is 38.6 Å². The van der Waals surface area contributed by atoms with Crippen LogP contribution in [0.5, 0.6) is 0 Å². The Morgan fingerprint density at radius 3 is 2.66 bits per heavy atom. The molecule has 194 valence electrons. The summed E-state index contributed by atoms with van der Waals surface area (Å²) in [5.74, 6) is 0.693. The van der Waals surface area contributed by atoms with Crippen LogP contribution in [-0.4, -0.2) is 91.6 Å². The summed E-state index contributed by atoms with van der Waals surface area (Å²) in [6.07, 6.45) is 8.49. The van der Waals surface area contributed by atoms with Crippen LogP contribution >= 0.6 is 0 Å². The SMILES string of the molecule is CCOC(=O)/N=C\N1CCO/C(=N/C(CC2CCCCC2)C(=O)NC2(C#N)CCN(CC)CC2)C1. The van der Waals surface area contributed by atoms with Crippen molar-refractivity contribution in [3.63, 3.8) is 0 Å². The number of nitrogens with zero attached hydrogens (tertiary/aromatic N) is 5. The molecule has 1 N–H and O–H groups in total. The van der Waals surface area contributed by atoms with Gasteiger partial charge in [-0.2, -0.15) is 10.3 Å². The van der Waals surface area contributed by atoms with Crippen LogP contribution in [0.4, 0.5) is 4.79 Å². The van der Waals surface area contributed by atoms with Crippen molar-refractivity contribution in [1.29, 1.82) is 5.26 Å². The summed E-state index contributed by atoms with van der Waals surface area (Å²) in [5, 5.41) is 13.0. The van der Waals surface area contributed by atoms with Crippen LogP contribution < -0.4 is 5.32 Å². The lowest BCUT2D eigenvalue weighted by molar-refractivity contribution is -0.124. The summed E-state index contributed by atoms with van der Waals surface area (Å²) in [6.45, 7) is 7.92. The molecule has 2 aliphatic heterocycles. The molecular weight excluding hydrogens is 448 g/mol. The third-order valence-corrected chi connectivity index (χ3v) is 7.20. The molecular formula is C25H40N6O4. The van der Waals surface area contributed by atoms with Crippen molar-refractivity contribution in [2.45, 2.75) is 76.8 Å². The standard InChI is InChI=1S/C25H40N6O4/c1-3-30-12-10-25(18-26,11-13-30)29-23(32)21(16-20-8-6-5-7-9-20)28-22-17-31(14-15-35-22)19-27-24(33)34-4-2/h19-21H,3-17H2,1-2H3,(H,29,32)/b27-19-,28-22+. The molecule has 1 aliphatic carbocycles. The summed E-state index contributed by atoms with van der Waals surface area (Å²) < 4.78 is 10.6. The second kappa shape index (κ2) is 13.4. The van der Waals surface area contributed by atoms with Crippen LogP contribution in [-0.2, 0) is 14.3 Å². The number of ether oxygens (including phenoxy) is 2. The molecule has 0 aromatic carbocycles. The number of amides is 2. The Hall–Kier alpha value is -2.67. The topological polar surface area (TPSA) is 120 Å². The van der Waals surface area contributed by atoms with E-state index >= 15 is 0 Å². The van der Waals surface area contributed by atoms with Gasteiger partial charge < -0.3 is 24.6 Å². The van der Waals surface area contributed by atoms with Crippen molar-refractivity contribution in [2.75, 3.05) is 45.9 Å². The second-order valence-corrected chi connectivity index (χ2v) is 9.66. The van der Waals surface area contributed by atoms with E-state index in [1.165, 1.54) is 25.6 Å². The van der Waals surface area contributed by atoms with Gasteiger partial charge in [0.2, 0.25) is 11.8 Å². The zero-order valence-corrected chi connectivity index (χ0v) is 21.2. The van der Waals surface area contributed by atoms with Gasteiger partial charge in [-0.1, -0.05) is 39.0 Å². The van der Waals surface area contributed by atoms with Crippen LogP contribution in [0.15, 0.2) is 9.98 Å². The fourth-order valence-corrected chi connectivity index (χ4v) is 5.01. The van der Waals surface area contributed by atoms with Crippen molar-refractivity contribution < 1.29 is 19.1 Å². The molecule has 0 bridgehead atoms. The number of carbonyl (C=O) groups excluding carboxylic acids is 2. The normalized spacial score (nSPS) is 23.5. The lowest BCUT2D eigenvalue weighted by Crippen LogP contribution is -2.56. The zero-order valence-electron chi connectivity index (χ0n) is 21.2. The lowest BCUT2D eigenvalue weighted by atomic mass is 9.84. The van der Waals surface area contributed by atoms with Crippen molar-refractivity contribution >= 4 is 24.2 Å². The van der Waals surface area contributed by atoms with E-state index in [-0.39, 0.29) is 12.5 Å². The van der Waals surface area contributed by atoms with Crippen LogP contribution in [0.1, 0.15) is 65.2 Å². The minimum absolute atomic E-state index is 0.199. The summed E-state index contributed by atoms with van der Waals surface area (Å²) >= 11 is 0. The average molecular weight is 489 g/mol. The molecule has 3 fully saturated rings. The fraction of sp³-hybridized carbons (Fsp3) is 0.800. The molecule has 10 heteroatoms. The molecule has 1 unspecified atom stereocenters. The fourth-order valence-electron chi connectivity index (χ4n) is 5.01.